The van der Waals surface area contributed by atoms with Crippen LogP contribution < -0.4 is 4.90 Å². The summed E-state index contributed by atoms with van der Waals surface area (Å²) in [5, 5.41) is 0.841. The monoisotopic (exact) mass is 414 g/mol. The second-order valence-electron chi connectivity index (χ2n) is 8.09. The number of aromatic nitrogens is 2. The molecule has 0 bridgehead atoms. The Labute approximate surface area is 177 Å². The van der Waals surface area contributed by atoms with Crippen molar-refractivity contribution in [3.05, 3.63) is 24.3 Å². The molecule has 29 heavy (non-hydrogen) atoms. The van der Waals surface area contributed by atoms with Crippen LogP contribution in [0.25, 0.3) is 11.0 Å². The average molecular weight is 415 g/mol. The van der Waals surface area contributed by atoms with Gasteiger partial charge in [0.15, 0.2) is 5.82 Å². The molecule has 0 saturated carbocycles. The summed E-state index contributed by atoms with van der Waals surface area (Å²) in [4.78, 5) is 26.9. The van der Waals surface area contributed by atoms with Crippen LogP contribution in [-0.2, 0) is 9.53 Å². The van der Waals surface area contributed by atoms with Crippen molar-refractivity contribution in [1.82, 2.24) is 14.9 Å². The number of para-hydroxylation sites is 2. The molecule has 4 rings (SSSR count). The van der Waals surface area contributed by atoms with Crippen molar-refractivity contribution in [2.45, 2.75) is 56.8 Å². The topological polar surface area (TPSA) is 58.6 Å². The predicted octanol–water partition coefficient (Wildman–Crippen LogP) is 3.74. The minimum atomic E-state index is 0.142. The summed E-state index contributed by atoms with van der Waals surface area (Å²) in [7, 11) is 0. The fourth-order valence-corrected chi connectivity index (χ4v) is 5.08. The number of amides is 1. The van der Waals surface area contributed by atoms with Gasteiger partial charge in [0.2, 0.25) is 5.91 Å². The Bertz CT molecular complexity index is 844. The highest BCUT2D eigenvalue weighted by Crippen LogP contribution is 2.31. The molecule has 1 aromatic heterocycles. The number of ether oxygens (including phenoxy) is 1. The van der Waals surface area contributed by atoms with E-state index >= 15 is 0 Å². The molecule has 3 heterocycles. The normalized spacial score (nSPS) is 23.2. The van der Waals surface area contributed by atoms with Gasteiger partial charge in [-0.15, -0.1) is 0 Å². The Balaban J connectivity index is 1.57. The predicted molar refractivity (Wildman–Crippen MR) is 118 cm³/mol. The maximum Gasteiger partial charge on any atom is 0.232 e. The van der Waals surface area contributed by atoms with Gasteiger partial charge >= 0.3 is 0 Å². The van der Waals surface area contributed by atoms with Crippen LogP contribution >= 0.6 is 11.8 Å². The number of anilines is 1. The molecule has 1 amide bonds. The Morgan fingerprint density at radius 3 is 2.31 bits per heavy atom. The van der Waals surface area contributed by atoms with Crippen LogP contribution in [0.3, 0.4) is 0 Å². The second-order valence-corrected chi connectivity index (χ2v) is 9.05. The summed E-state index contributed by atoms with van der Waals surface area (Å²) >= 11 is 1.52. The van der Waals surface area contributed by atoms with Crippen LogP contribution in [0.4, 0.5) is 5.82 Å². The first-order valence-corrected chi connectivity index (χ1v) is 11.7. The highest BCUT2D eigenvalue weighted by molar-refractivity contribution is 8.00. The molecule has 6 nitrogen and oxygen atoms in total. The Morgan fingerprint density at radius 2 is 1.66 bits per heavy atom. The molecule has 2 aromatic rings. The first-order chi connectivity index (χ1) is 14.1. The molecule has 2 aliphatic heterocycles. The number of carbonyl (C=O) groups excluding carboxylic acids is 1. The first kappa shape index (κ1) is 20.4. The number of hydrogen-bond acceptors (Lipinski definition) is 6. The number of fused-ring (bicyclic) bond motifs is 1. The van der Waals surface area contributed by atoms with Gasteiger partial charge in [-0.1, -0.05) is 36.7 Å². The van der Waals surface area contributed by atoms with Crippen LogP contribution in [0.2, 0.25) is 0 Å². The third-order valence-corrected chi connectivity index (χ3v) is 6.47. The van der Waals surface area contributed by atoms with E-state index in [1.54, 1.807) is 0 Å². The number of benzene rings is 1. The van der Waals surface area contributed by atoms with Crippen molar-refractivity contribution < 1.29 is 9.53 Å². The summed E-state index contributed by atoms with van der Waals surface area (Å²) in [5.41, 5.74) is 1.76. The van der Waals surface area contributed by atoms with E-state index in [4.69, 9.17) is 14.7 Å². The zero-order chi connectivity index (χ0) is 20.2. The van der Waals surface area contributed by atoms with Crippen molar-refractivity contribution in [2.75, 3.05) is 36.8 Å². The van der Waals surface area contributed by atoms with E-state index in [0.29, 0.717) is 5.75 Å². The highest BCUT2D eigenvalue weighted by Gasteiger charge is 2.27. The van der Waals surface area contributed by atoms with Gasteiger partial charge in [0.05, 0.1) is 29.0 Å². The molecule has 156 valence electrons. The number of thioether (sulfide) groups is 1. The summed E-state index contributed by atoms with van der Waals surface area (Å²) in [5.74, 6) is 1.50. The summed E-state index contributed by atoms with van der Waals surface area (Å²) in [6.45, 7) is 7.51. The van der Waals surface area contributed by atoms with Gasteiger partial charge < -0.3 is 14.5 Å². The van der Waals surface area contributed by atoms with Crippen molar-refractivity contribution in [3.8, 4) is 0 Å². The molecule has 0 N–H and O–H groups in total. The third kappa shape index (κ3) is 5.01. The van der Waals surface area contributed by atoms with Gasteiger partial charge in [0, 0.05) is 26.2 Å². The molecule has 0 radical (unpaired) electrons. The number of nitrogens with zero attached hydrogens (tertiary/aromatic N) is 4. The molecule has 0 unspecified atom stereocenters. The Hall–Kier alpha value is -1.86. The molecule has 1 aromatic carbocycles. The summed E-state index contributed by atoms with van der Waals surface area (Å²) in [6, 6.07) is 7.95. The maximum atomic E-state index is 12.8. The molecular weight excluding hydrogens is 384 g/mol. The number of likely N-dealkylation sites (tertiary alicyclic amines) is 1. The Kier molecular flexibility index (Phi) is 6.55. The Morgan fingerprint density at radius 1 is 1.03 bits per heavy atom. The van der Waals surface area contributed by atoms with E-state index in [1.165, 1.54) is 24.6 Å². The van der Waals surface area contributed by atoms with Gasteiger partial charge in [-0.05, 0) is 38.8 Å². The lowest BCUT2D eigenvalue weighted by molar-refractivity contribution is -0.128. The van der Waals surface area contributed by atoms with E-state index in [-0.39, 0.29) is 18.1 Å². The van der Waals surface area contributed by atoms with Gasteiger partial charge in [0.1, 0.15) is 5.03 Å². The van der Waals surface area contributed by atoms with E-state index < -0.39 is 0 Å². The number of hydrogen-bond donors (Lipinski definition) is 0. The first-order valence-electron chi connectivity index (χ1n) is 10.7. The molecule has 2 fully saturated rings. The van der Waals surface area contributed by atoms with Gasteiger partial charge in [-0.2, -0.15) is 0 Å². The van der Waals surface area contributed by atoms with E-state index in [1.807, 2.05) is 29.2 Å². The zero-order valence-corrected chi connectivity index (χ0v) is 18.2. The average Bonchev–Trinajstić information content (AvgIpc) is 3.00. The van der Waals surface area contributed by atoms with Crippen LogP contribution in [0.5, 0.6) is 0 Å². The van der Waals surface area contributed by atoms with E-state index in [2.05, 4.69) is 18.7 Å². The quantitative estimate of drug-likeness (QED) is 0.711. The van der Waals surface area contributed by atoms with Crippen LogP contribution in [0.15, 0.2) is 29.3 Å². The minimum Gasteiger partial charge on any atom is -0.372 e. The number of carbonyl (C=O) groups is 1. The molecule has 2 atom stereocenters. The summed E-state index contributed by atoms with van der Waals surface area (Å²) in [6.07, 6.45) is 4.96. The molecule has 2 aliphatic rings. The lowest BCUT2D eigenvalue weighted by Crippen LogP contribution is -2.46. The fraction of sp³-hybridized carbons (Fsp3) is 0.591. The molecule has 7 heteroatoms. The molecular formula is C22H30N4O2S. The highest BCUT2D eigenvalue weighted by atomic mass is 32.2. The van der Waals surface area contributed by atoms with Gasteiger partial charge in [-0.25, -0.2) is 9.97 Å². The maximum absolute atomic E-state index is 12.8. The van der Waals surface area contributed by atoms with Crippen molar-refractivity contribution in [1.29, 1.82) is 0 Å². The molecule has 0 aliphatic carbocycles. The smallest absolute Gasteiger partial charge is 0.232 e. The van der Waals surface area contributed by atoms with Crippen LogP contribution in [-0.4, -0.2) is 64.9 Å². The number of rotatable bonds is 4. The summed E-state index contributed by atoms with van der Waals surface area (Å²) < 4.78 is 5.90. The zero-order valence-electron chi connectivity index (χ0n) is 17.3. The van der Waals surface area contributed by atoms with Crippen molar-refractivity contribution >= 4 is 34.5 Å². The fourth-order valence-electron chi connectivity index (χ4n) is 4.17. The molecule has 0 spiro atoms. The van der Waals surface area contributed by atoms with Crippen molar-refractivity contribution in [2.24, 2.45) is 0 Å². The number of morpholine rings is 1. The van der Waals surface area contributed by atoms with Crippen LogP contribution in [0.1, 0.15) is 39.5 Å². The largest absolute Gasteiger partial charge is 0.372 e. The van der Waals surface area contributed by atoms with Gasteiger partial charge in [0.25, 0.3) is 0 Å². The lowest BCUT2D eigenvalue weighted by atomic mass is 10.2. The second kappa shape index (κ2) is 9.30. The van der Waals surface area contributed by atoms with Gasteiger partial charge in [-0.3, -0.25) is 4.79 Å². The third-order valence-electron chi connectivity index (χ3n) is 5.53. The minimum absolute atomic E-state index is 0.142. The molecule has 2 saturated heterocycles. The van der Waals surface area contributed by atoms with Crippen LogP contribution in [0, 0.1) is 0 Å². The van der Waals surface area contributed by atoms with E-state index in [9.17, 15) is 4.79 Å². The standard InChI is InChI=1S/C22H30N4O2S/c1-16-13-26(14-17(2)28-16)21-22(24-19-10-6-5-9-18(19)23-21)29-15-20(27)25-11-7-3-4-8-12-25/h5-6,9-10,16-17H,3-4,7-8,11-15H2,1-2H3/t16-,17-/m1/s1. The lowest BCUT2D eigenvalue weighted by Gasteiger charge is -2.36. The SMILES string of the molecule is C[C@@H]1CN(c2nc3ccccc3nc2SCC(=O)N2CCCCCC2)C[C@@H](C)O1. The van der Waals surface area contributed by atoms with Crippen molar-refractivity contribution in [3.63, 3.8) is 0 Å². The van der Waals surface area contributed by atoms with E-state index in [0.717, 1.165) is 60.9 Å².